The van der Waals surface area contributed by atoms with Crippen molar-refractivity contribution in [3.05, 3.63) is 99.6 Å². The molecule has 252 valence electrons. The van der Waals surface area contributed by atoms with Gasteiger partial charge in [0.25, 0.3) is 11.6 Å². The maximum atomic E-state index is 14.2. The second-order valence-corrected chi connectivity index (χ2v) is 19.6. The molecule has 3 aromatic rings. The second-order valence-electron chi connectivity index (χ2n) is 12.9. The predicted molar refractivity (Wildman–Crippen MR) is 184 cm³/mol. The molecule has 0 radical (unpaired) electrons. The molecule has 0 saturated heterocycles. The van der Waals surface area contributed by atoms with Crippen molar-refractivity contribution in [1.29, 1.82) is 0 Å². The Labute approximate surface area is 277 Å². The fourth-order valence-corrected chi connectivity index (χ4v) is 6.73. The van der Waals surface area contributed by atoms with Gasteiger partial charge in [-0.15, -0.1) is 0 Å². The lowest BCUT2D eigenvalue weighted by atomic mass is 9.93. The summed E-state index contributed by atoms with van der Waals surface area (Å²) in [5.41, 5.74) is 2.10. The lowest BCUT2D eigenvalue weighted by Gasteiger charge is -2.41. The molecule has 4 rings (SSSR count). The van der Waals surface area contributed by atoms with Gasteiger partial charge in [0.1, 0.15) is 12.2 Å². The third-order valence-corrected chi connectivity index (χ3v) is 14.8. The van der Waals surface area contributed by atoms with Crippen LogP contribution in [-0.2, 0) is 21.1 Å². The van der Waals surface area contributed by atoms with E-state index in [2.05, 4.69) is 38.6 Å². The first-order valence-corrected chi connectivity index (χ1v) is 19.7. The normalized spacial score (nSPS) is 15.6. The number of amides is 1. The lowest BCUT2D eigenvalue weighted by Crippen LogP contribution is -2.49. The first-order valence-electron chi connectivity index (χ1n) is 15.3. The molecule has 11 nitrogen and oxygen atoms in total. The molecule has 3 aromatic carbocycles. The van der Waals surface area contributed by atoms with Crippen LogP contribution in [0.15, 0.2) is 77.7 Å². The third kappa shape index (κ3) is 8.28. The van der Waals surface area contributed by atoms with Gasteiger partial charge < -0.3 is 18.8 Å². The number of nitro benzene ring substituents is 1. The smallest absolute Gasteiger partial charge is 0.286 e. The summed E-state index contributed by atoms with van der Waals surface area (Å²) in [4.78, 5) is 27.7. The van der Waals surface area contributed by atoms with Gasteiger partial charge in [0.2, 0.25) is 10.0 Å². The Bertz CT molecular complexity index is 1740. The first-order chi connectivity index (χ1) is 22.1. The fraction of sp³-hybridized carbons (Fsp3) is 0.382. The molecule has 0 saturated carbocycles. The average molecular weight is 682 g/mol. The van der Waals surface area contributed by atoms with Crippen LogP contribution in [0, 0.1) is 10.1 Å². The minimum atomic E-state index is -3.60. The summed E-state index contributed by atoms with van der Waals surface area (Å²) in [5, 5.41) is 12.2. The van der Waals surface area contributed by atoms with Gasteiger partial charge in [-0.05, 0) is 60.4 Å². The molecule has 13 heteroatoms. The fourth-order valence-electron chi connectivity index (χ4n) is 4.96. The number of carbonyl (C=O) groups excluding carboxylic acids is 1. The summed E-state index contributed by atoms with van der Waals surface area (Å²) in [5.74, 6) is -0.171. The number of sulfonamides is 1. The molecule has 0 aliphatic carbocycles. The van der Waals surface area contributed by atoms with Crippen LogP contribution < -0.4 is 14.2 Å². The van der Waals surface area contributed by atoms with Gasteiger partial charge in [0, 0.05) is 12.6 Å². The van der Waals surface area contributed by atoms with E-state index < -0.39 is 35.2 Å². The van der Waals surface area contributed by atoms with Crippen molar-refractivity contribution in [2.75, 3.05) is 27.3 Å². The summed E-state index contributed by atoms with van der Waals surface area (Å²) >= 11 is 0. The highest BCUT2D eigenvalue weighted by Gasteiger charge is 2.40. The van der Waals surface area contributed by atoms with Crippen molar-refractivity contribution in [1.82, 2.24) is 9.62 Å². The van der Waals surface area contributed by atoms with Crippen LogP contribution in [0.2, 0.25) is 18.1 Å². The maximum absolute atomic E-state index is 14.2. The molecular weight excluding hydrogens is 639 g/mol. The van der Waals surface area contributed by atoms with Gasteiger partial charge in [0.05, 0.1) is 35.6 Å². The molecule has 0 fully saturated rings. The quantitative estimate of drug-likeness (QED) is 0.132. The molecule has 1 heterocycles. The Morgan fingerprint density at radius 3 is 2.30 bits per heavy atom. The second kappa shape index (κ2) is 14.4. The number of nitrogens with one attached hydrogen (secondary N) is 1. The van der Waals surface area contributed by atoms with E-state index in [0.717, 1.165) is 16.7 Å². The van der Waals surface area contributed by atoms with Crippen molar-refractivity contribution < 1.29 is 32.0 Å². The van der Waals surface area contributed by atoms with E-state index in [1.165, 1.54) is 38.4 Å². The predicted octanol–water partition coefficient (Wildman–Crippen LogP) is 6.41. The van der Waals surface area contributed by atoms with Crippen molar-refractivity contribution >= 4 is 35.5 Å². The van der Waals surface area contributed by atoms with Gasteiger partial charge in [-0.25, -0.2) is 13.1 Å². The third-order valence-electron chi connectivity index (χ3n) is 8.88. The molecule has 47 heavy (non-hydrogen) atoms. The highest BCUT2D eigenvalue weighted by molar-refractivity contribution is 7.89. The molecule has 0 bridgehead atoms. The van der Waals surface area contributed by atoms with Crippen molar-refractivity contribution in [3.63, 3.8) is 0 Å². The van der Waals surface area contributed by atoms with Crippen LogP contribution in [0.3, 0.4) is 0 Å². The number of hydrogen-bond acceptors (Lipinski definition) is 8. The molecule has 1 unspecified atom stereocenters. The Morgan fingerprint density at radius 1 is 1.06 bits per heavy atom. The Hall–Kier alpha value is -4.04. The van der Waals surface area contributed by atoms with Gasteiger partial charge in [-0.3, -0.25) is 14.9 Å². The van der Waals surface area contributed by atoms with Crippen molar-refractivity contribution in [3.8, 4) is 11.5 Å². The monoisotopic (exact) mass is 681 g/mol. The zero-order valence-electron chi connectivity index (χ0n) is 27.9. The summed E-state index contributed by atoms with van der Waals surface area (Å²) in [6.07, 6.45) is 2.30. The molecule has 1 amide bonds. The summed E-state index contributed by atoms with van der Waals surface area (Å²) < 4.78 is 44.8. The molecule has 1 aliphatic heterocycles. The molecular formula is C34H43N3O8SSi. The topological polar surface area (TPSA) is 137 Å². The van der Waals surface area contributed by atoms with Gasteiger partial charge in [0.15, 0.2) is 19.8 Å². The number of carbonyl (C=O) groups is 1. The van der Waals surface area contributed by atoms with Gasteiger partial charge >= 0.3 is 0 Å². The Kier molecular flexibility index (Phi) is 11.0. The zero-order valence-corrected chi connectivity index (χ0v) is 29.7. The van der Waals surface area contributed by atoms with E-state index in [-0.39, 0.29) is 52.4 Å². The molecule has 1 atom stereocenters. The van der Waals surface area contributed by atoms with E-state index in [0.29, 0.717) is 6.42 Å². The van der Waals surface area contributed by atoms with E-state index in [1.807, 2.05) is 36.4 Å². The van der Waals surface area contributed by atoms with E-state index in [4.69, 9.17) is 13.9 Å². The van der Waals surface area contributed by atoms with Gasteiger partial charge in [-0.1, -0.05) is 69.3 Å². The highest BCUT2D eigenvalue weighted by atomic mass is 32.2. The molecule has 0 aromatic heterocycles. The van der Waals surface area contributed by atoms with Crippen LogP contribution in [0.5, 0.6) is 11.5 Å². The Balaban J connectivity index is 1.69. The van der Waals surface area contributed by atoms with E-state index in [9.17, 15) is 23.3 Å². The zero-order chi connectivity index (χ0) is 34.6. The van der Waals surface area contributed by atoms with Crippen LogP contribution in [0.25, 0.3) is 5.57 Å². The average Bonchev–Trinajstić information content (AvgIpc) is 3.05. The summed E-state index contributed by atoms with van der Waals surface area (Å²) in [6, 6.07) is 18.1. The maximum Gasteiger partial charge on any atom is 0.286 e. The molecule has 1 aliphatic rings. The number of methoxy groups -OCH3 is 1. The number of benzene rings is 3. The largest absolute Gasteiger partial charge is 0.493 e. The van der Waals surface area contributed by atoms with E-state index in [1.54, 1.807) is 17.0 Å². The molecule has 0 spiro atoms. The van der Waals surface area contributed by atoms with Crippen LogP contribution in [0.1, 0.15) is 48.7 Å². The first kappa shape index (κ1) is 35.8. The SMILES string of the molecule is CNS(=O)(=O)c1ccc(C2=CCN(C(=O)c3cc(OC)c(OCc4ccccc4)cc3[N+](=O)[O-])C(CO[Si](C)(C)C(C)(C)C)C2)cc1. The number of hydrogen-bond donors (Lipinski definition) is 1. The lowest BCUT2D eigenvalue weighted by molar-refractivity contribution is -0.385. The van der Waals surface area contributed by atoms with Gasteiger partial charge in [-0.2, -0.15) is 0 Å². The number of nitrogens with zero attached hydrogens (tertiary/aromatic N) is 2. The number of rotatable bonds is 12. The van der Waals surface area contributed by atoms with Crippen LogP contribution in [0.4, 0.5) is 5.69 Å². The molecule has 1 N–H and O–H groups in total. The number of ether oxygens (including phenoxy) is 2. The summed E-state index contributed by atoms with van der Waals surface area (Å²) in [7, 11) is -3.05. The minimum Gasteiger partial charge on any atom is -0.493 e. The highest BCUT2D eigenvalue weighted by Crippen LogP contribution is 2.39. The number of nitro groups is 1. The van der Waals surface area contributed by atoms with E-state index >= 15 is 0 Å². The van der Waals surface area contributed by atoms with Crippen molar-refractivity contribution in [2.45, 2.75) is 62.9 Å². The van der Waals surface area contributed by atoms with Crippen molar-refractivity contribution in [2.24, 2.45) is 0 Å². The van der Waals surface area contributed by atoms with Crippen LogP contribution in [-0.4, -0.2) is 65.8 Å². The standard InChI is InChI=1S/C34H43N3O8SSi/c1-34(2,3)47(6,7)45-23-27-19-26(25-13-15-28(16-14-25)46(41,42)35-4)17-18-36(27)33(38)29-20-31(43-5)32(21-30(29)37(39)40)44-22-24-11-9-8-10-12-24/h8-17,20-21,27,35H,18-19,22-23H2,1-7H3. The minimum absolute atomic E-state index is 0.0778. The Morgan fingerprint density at radius 2 is 1.72 bits per heavy atom. The van der Waals surface area contributed by atoms with Crippen LogP contribution >= 0.6 is 0 Å². The summed E-state index contributed by atoms with van der Waals surface area (Å²) in [6.45, 7) is 11.2.